The molecule has 0 radical (unpaired) electrons. The molecule has 0 spiro atoms. The molecule has 41 heavy (non-hydrogen) atoms. The second kappa shape index (κ2) is 14.7. The molecule has 2 atom stereocenters. The van der Waals surface area contributed by atoms with Crippen molar-refractivity contribution >= 4 is 17.0 Å². The zero-order valence-electron chi connectivity index (χ0n) is 23.6. The molecule has 1 saturated heterocycles. The first-order valence-electron chi connectivity index (χ1n) is 14.1. The summed E-state index contributed by atoms with van der Waals surface area (Å²) in [6.07, 6.45) is 2.62. The van der Waals surface area contributed by atoms with Gasteiger partial charge in [0.1, 0.15) is 12.0 Å². The van der Waals surface area contributed by atoms with E-state index in [0.717, 1.165) is 48.4 Å². The van der Waals surface area contributed by atoms with Gasteiger partial charge in [0.25, 0.3) is 0 Å². The van der Waals surface area contributed by atoms with E-state index in [2.05, 4.69) is 35.9 Å². The Bertz CT molecular complexity index is 1370. The first-order chi connectivity index (χ1) is 19.8. The second-order valence-electron chi connectivity index (χ2n) is 10.6. The van der Waals surface area contributed by atoms with Crippen LogP contribution >= 0.6 is 0 Å². The number of hydrogen-bond donors (Lipinski definition) is 3. The highest BCUT2D eigenvalue weighted by Crippen LogP contribution is 2.28. The van der Waals surface area contributed by atoms with Crippen molar-refractivity contribution in [3.05, 3.63) is 102 Å². The van der Waals surface area contributed by atoms with Gasteiger partial charge in [0.2, 0.25) is 0 Å². The van der Waals surface area contributed by atoms with Crippen LogP contribution in [0.3, 0.4) is 0 Å². The summed E-state index contributed by atoms with van der Waals surface area (Å²) < 4.78 is 5.83. The summed E-state index contributed by atoms with van der Waals surface area (Å²) in [7, 11) is 0. The van der Waals surface area contributed by atoms with Crippen molar-refractivity contribution < 1.29 is 24.9 Å². The Hall–Kier alpha value is -3.85. The molecule has 0 saturated carbocycles. The van der Waals surface area contributed by atoms with Crippen LogP contribution in [0.5, 0.6) is 5.75 Å². The topological polar surface area (TPSA) is 116 Å². The van der Waals surface area contributed by atoms with E-state index in [1.807, 2.05) is 42.6 Å². The molecule has 4 aromatic rings. The number of carboxylic acid groups (broad SMARTS) is 1. The van der Waals surface area contributed by atoms with Gasteiger partial charge in [-0.2, -0.15) is 0 Å². The number of carbonyl (C=O) groups is 1. The van der Waals surface area contributed by atoms with Crippen LogP contribution in [-0.4, -0.2) is 62.1 Å². The number of likely N-dealkylation sites (tertiary alicyclic amines) is 1. The van der Waals surface area contributed by atoms with Crippen LogP contribution < -0.4 is 4.74 Å². The van der Waals surface area contributed by atoms with Gasteiger partial charge in [-0.3, -0.25) is 9.88 Å². The Morgan fingerprint density at radius 1 is 0.902 bits per heavy atom. The van der Waals surface area contributed by atoms with Crippen molar-refractivity contribution in [3.63, 3.8) is 0 Å². The van der Waals surface area contributed by atoms with E-state index in [0.29, 0.717) is 30.4 Å². The minimum atomic E-state index is -1.41. The average molecular weight is 558 g/mol. The number of carboxylic acids is 1. The third-order valence-electron chi connectivity index (χ3n) is 7.38. The van der Waals surface area contributed by atoms with Gasteiger partial charge in [0.05, 0.1) is 23.3 Å². The number of rotatable bonds is 9. The number of ether oxygens (including phenoxy) is 1. The maximum Gasteiger partial charge on any atom is 0.337 e. The van der Waals surface area contributed by atoms with E-state index in [1.54, 1.807) is 30.3 Å². The van der Waals surface area contributed by atoms with E-state index in [-0.39, 0.29) is 0 Å². The minimum absolute atomic E-state index is 0.403. The second-order valence-corrected chi connectivity index (χ2v) is 10.6. The van der Waals surface area contributed by atoms with Crippen LogP contribution in [0.2, 0.25) is 0 Å². The number of hydrogen-bond acceptors (Lipinski definition) is 7. The van der Waals surface area contributed by atoms with Gasteiger partial charge in [0, 0.05) is 31.6 Å². The molecule has 5 rings (SSSR count). The Kier molecular flexibility index (Phi) is 10.8. The van der Waals surface area contributed by atoms with Gasteiger partial charge in [0.15, 0.2) is 6.10 Å². The predicted molar refractivity (Wildman–Crippen MR) is 159 cm³/mol. The average Bonchev–Trinajstić information content (AvgIpc) is 3.01. The third kappa shape index (κ3) is 8.57. The number of piperidine rings is 1. The molecule has 2 unspecified atom stereocenters. The number of aromatic nitrogens is 2. The molecule has 0 amide bonds. The zero-order chi connectivity index (χ0) is 29.2. The molecule has 8 heteroatoms. The Morgan fingerprint density at radius 3 is 2.17 bits per heavy atom. The van der Waals surface area contributed by atoms with Crippen molar-refractivity contribution in [3.8, 4) is 5.75 Å². The van der Waals surface area contributed by atoms with Gasteiger partial charge >= 0.3 is 5.97 Å². The van der Waals surface area contributed by atoms with E-state index in [9.17, 15) is 9.90 Å². The summed E-state index contributed by atoms with van der Waals surface area (Å²) >= 11 is 0. The fourth-order valence-electron chi connectivity index (χ4n) is 4.85. The fraction of sp³-hybridized carbons (Fsp3) is 0.364. The van der Waals surface area contributed by atoms with Gasteiger partial charge in [-0.1, -0.05) is 68.4 Å². The number of nitrogens with zero attached hydrogens (tertiary/aromatic N) is 3. The molecule has 216 valence electrons. The van der Waals surface area contributed by atoms with Crippen molar-refractivity contribution in [2.45, 2.75) is 57.3 Å². The standard InChI is InChI=1S/C25H31N3O2.C8H8O3/c1-18(2)19-7-9-21(10-8-19)30-16-13-25(29)28-14-11-20(12-15-28)24-17-26-22-5-3-4-6-23(22)27-24;9-7(8(10)11)6-4-2-1-3-5-6/h3-10,17-18,20,25,29H,11-16H2,1-2H3;1-5,7,9H,(H,10,11). The number of aliphatic hydroxyl groups is 2. The van der Waals surface area contributed by atoms with E-state index < -0.39 is 18.3 Å². The van der Waals surface area contributed by atoms with Crippen molar-refractivity contribution in [1.82, 2.24) is 14.9 Å². The molecular formula is C33H39N3O5. The summed E-state index contributed by atoms with van der Waals surface area (Å²) in [6, 6.07) is 24.5. The van der Waals surface area contributed by atoms with Crippen molar-refractivity contribution in [2.75, 3.05) is 19.7 Å². The molecule has 0 bridgehead atoms. The maximum atomic E-state index is 10.6. The summed E-state index contributed by atoms with van der Waals surface area (Å²) in [5, 5.41) is 28.0. The Balaban J connectivity index is 0.000000296. The lowest BCUT2D eigenvalue weighted by Crippen LogP contribution is -2.41. The van der Waals surface area contributed by atoms with Crippen molar-refractivity contribution in [1.29, 1.82) is 0 Å². The molecule has 1 aliphatic rings. The predicted octanol–water partition coefficient (Wildman–Crippen LogP) is 5.52. The molecule has 1 aromatic heterocycles. The van der Waals surface area contributed by atoms with Crippen LogP contribution in [0.15, 0.2) is 85.1 Å². The largest absolute Gasteiger partial charge is 0.493 e. The lowest BCUT2D eigenvalue weighted by molar-refractivity contribution is -0.146. The molecule has 1 fully saturated rings. The maximum absolute atomic E-state index is 10.6. The third-order valence-corrected chi connectivity index (χ3v) is 7.38. The number of fused-ring (bicyclic) bond motifs is 1. The molecule has 8 nitrogen and oxygen atoms in total. The first-order valence-corrected chi connectivity index (χ1v) is 14.1. The normalized spacial score (nSPS) is 15.6. The molecule has 0 aliphatic carbocycles. The van der Waals surface area contributed by atoms with Gasteiger partial charge < -0.3 is 20.1 Å². The SMILES string of the molecule is CC(C)c1ccc(OCCC(O)N2CCC(c3cnc4ccccc4n3)CC2)cc1.O=C(O)C(O)c1ccccc1. The number of aliphatic hydroxyl groups excluding tert-OH is 2. The Morgan fingerprint density at radius 2 is 1.54 bits per heavy atom. The van der Waals surface area contributed by atoms with Crippen LogP contribution in [-0.2, 0) is 4.79 Å². The van der Waals surface area contributed by atoms with Gasteiger partial charge in [-0.15, -0.1) is 0 Å². The lowest BCUT2D eigenvalue weighted by atomic mass is 9.93. The summed E-state index contributed by atoms with van der Waals surface area (Å²) in [4.78, 5) is 21.8. The molecule has 3 aromatic carbocycles. The minimum Gasteiger partial charge on any atom is -0.493 e. The lowest BCUT2D eigenvalue weighted by Gasteiger charge is -2.34. The monoisotopic (exact) mass is 557 g/mol. The zero-order valence-corrected chi connectivity index (χ0v) is 23.6. The first kappa shape index (κ1) is 30.1. The van der Waals surface area contributed by atoms with Crippen molar-refractivity contribution in [2.24, 2.45) is 0 Å². The van der Waals surface area contributed by atoms with Gasteiger partial charge in [-0.05, 0) is 54.2 Å². The van der Waals surface area contributed by atoms with Crippen LogP contribution in [0.4, 0.5) is 0 Å². The van der Waals surface area contributed by atoms with Crippen LogP contribution in [0.25, 0.3) is 11.0 Å². The summed E-state index contributed by atoms with van der Waals surface area (Å²) in [6.45, 7) is 6.61. The quantitative estimate of drug-likeness (QED) is 0.246. The number of benzene rings is 3. The number of para-hydroxylation sites is 2. The van der Waals surface area contributed by atoms with Crippen LogP contribution in [0.1, 0.15) is 67.9 Å². The molecule has 3 N–H and O–H groups in total. The summed E-state index contributed by atoms with van der Waals surface area (Å²) in [5.41, 5.74) is 4.67. The summed E-state index contributed by atoms with van der Waals surface area (Å²) in [5.74, 6) is 0.557. The Labute approximate surface area is 241 Å². The molecule has 2 heterocycles. The highest BCUT2D eigenvalue weighted by atomic mass is 16.5. The highest BCUT2D eigenvalue weighted by Gasteiger charge is 2.25. The van der Waals surface area contributed by atoms with Crippen LogP contribution in [0, 0.1) is 0 Å². The van der Waals surface area contributed by atoms with E-state index in [4.69, 9.17) is 19.9 Å². The highest BCUT2D eigenvalue weighted by molar-refractivity contribution is 5.74. The number of aliphatic carboxylic acids is 1. The van der Waals surface area contributed by atoms with E-state index in [1.165, 1.54) is 5.56 Å². The smallest absolute Gasteiger partial charge is 0.337 e. The molecular weight excluding hydrogens is 518 g/mol. The van der Waals surface area contributed by atoms with E-state index >= 15 is 0 Å². The molecule has 1 aliphatic heterocycles. The van der Waals surface area contributed by atoms with Gasteiger partial charge in [-0.25, -0.2) is 9.78 Å². The fourth-order valence-corrected chi connectivity index (χ4v) is 4.85.